The first-order valence-electron chi connectivity index (χ1n) is 9.16. The molecule has 0 aliphatic rings. The predicted octanol–water partition coefficient (Wildman–Crippen LogP) is 4.02. The second-order valence-electron chi connectivity index (χ2n) is 6.48. The number of benzene rings is 1. The van der Waals surface area contributed by atoms with Crippen LogP contribution in [0.3, 0.4) is 0 Å². The molecule has 0 saturated carbocycles. The molecular formula is C21H22FN5OS. The van der Waals surface area contributed by atoms with Gasteiger partial charge in [0.05, 0.1) is 11.3 Å². The van der Waals surface area contributed by atoms with Gasteiger partial charge in [-0.2, -0.15) is 0 Å². The molecular weight excluding hydrogens is 389 g/mol. The number of rotatable bonds is 8. The number of pyridine rings is 1. The number of amides is 1. The van der Waals surface area contributed by atoms with Gasteiger partial charge in [0.2, 0.25) is 5.91 Å². The maximum absolute atomic E-state index is 13.1. The summed E-state index contributed by atoms with van der Waals surface area (Å²) < 4.78 is 15.0. The van der Waals surface area contributed by atoms with Crippen LogP contribution in [0.2, 0.25) is 0 Å². The average Bonchev–Trinajstić information content (AvgIpc) is 3.11. The quantitative estimate of drug-likeness (QED) is 0.448. The van der Waals surface area contributed by atoms with Gasteiger partial charge < -0.3 is 5.32 Å². The topological polar surface area (TPSA) is 72.7 Å². The fraction of sp³-hybridized carbons (Fsp3) is 0.238. The second-order valence-corrected chi connectivity index (χ2v) is 7.79. The molecule has 3 aromatic rings. The number of nitrogens with one attached hydrogen (secondary N) is 1. The standard InChI is InChI=1S/C21H22FN5OS/c1-4-13-27-19(17-9-11-23-12-10-17)25-26-21(27)29-15(3)20(28)24-14(2)16-5-7-18(22)8-6-16/h4-12,14-15H,1,13H2,2-3H3,(H,24,28)/t14-,15-/m0/s1. The molecule has 29 heavy (non-hydrogen) atoms. The van der Waals surface area contributed by atoms with Crippen molar-refractivity contribution in [2.45, 2.75) is 36.8 Å². The summed E-state index contributed by atoms with van der Waals surface area (Å²) in [6.07, 6.45) is 5.16. The molecule has 0 spiro atoms. The number of nitrogens with zero attached hydrogens (tertiary/aromatic N) is 4. The smallest absolute Gasteiger partial charge is 0.233 e. The normalized spacial score (nSPS) is 12.9. The molecule has 150 valence electrons. The third kappa shape index (κ3) is 5.08. The van der Waals surface area contributed by atoms with Crippen molar-refractivity contribution in [1.29, 1.82) is 0 Å². The highest BCUT2D eigenvalue weighted by Gasteiger charge is 2.22. The van der Waals surface area contributed by atoms with Gasteiger partial charge in [0, 0.05) is 24.5 Å². The van der Waals surface area contributed by atoms with Crippen LogP contribution in [0.4, 0.5) is 4.39 Å². The number of aromatic nitrogens is 4. The first-order valence-corrected chi connectivity index (χ1v) is 10.0. The first kappa shape index (κ1) is 20.7. The van der Waals surface area contributed by atoms with Crippen molar-refractivity contribution in [2.24, 2.45) is 0 Å². The van der Waals surface area contributed by atoms with Crippen LogP contribution in [0.5, 0.6) is 0 Å². The summed E-state index contributed by atoms with van der Waals surface area (Å²) in [6, 6.07) is 9.59. The Morgan fingerprint density at radius 3 is 2.55 bits per heavy atom. The number of hydrogen-bond donors (Lipinski definition) is 1. The highest BCUT2D eigenvalue weighted by Crippen LogP contribution is 2.27. The lowest BCUT2D eigenvalue weighted by Gasteiger charge is -2.18. The first-order chi connectivity index (χ1) is 14.0. The lowest BCUT2D eigenvalue weighted by atomic mass is 10.1. The largest absolute Gasteiger partial charge is 0.349 e. The van der Waals surface area contributed by atoms with E-state index in [1.54, 1.807) is 30.6 Å². The van der Waals surface area contributed by atoms with Gasteiger partial charge in [-0.3, -0.25) is 14.3 Å². The van der Waals surface area contributed by atoms with E-state index in [-0.39, 0.29) is 17.8 Å². The van der Waals surface area contributed by atoms with Gasteiger partial charge in [0.1, 0.15) is 5.82 Å². The van der Waals surface area contributed by atoms with E-state index in [1.165, 1.54) is 23.9 Å². The fourth-order valence-electron chi connectivity index (χ4n) is 2.76. The van der Waals surface area contributed by atoms with Crippen LogP contribution in [0.1, 0.15) is 25.5 Å². The Labute approximate surface area is 173 Å². The number of allylic oxidation sites excluding steroid dienone is 1. The van der Waals surface area contributed by atoms with Crippen molar-refractivity contribution < 1.29 is 9.18 Å². The Kier molecular flexibility index (Phi) is 6.77. The van der Waals surface area contributed by atoms with Crippen LogP contribution in [0.15, 0.2) is 66.6 Å². The SMILES string of the molecule is C=CCn1c(S[C@@H](C)C(=O)N[C@@H](C)c2ccc(F)cc2)nnc1-c1ccncc1. The monoisotopic (exact) mass is 411 g/mol. The van der Waals surface area contributed by atoms with Crippen molar-refractivity contribution in [2.75, 3.05) is 0 Å². The fourth-order valence-corrected chi connectivity index (χ4v) is 3.63. The van der Waals surface area contributed by atoms with Gasteiger partial charge in [-0.05, 0) is 43.7 Å². The molecule has 2 atom stereocenters. The van der Waals surface area contributed by atoms with Gasteiger partial charge in [-0.1, -0.05) is 30.0 Å². The summed E-state index contributed by atoms with van der Waals surface area (Å²) in [7, 11) is 0. The minimum Gasteiger partial charge on any atom is -0.349 e. The van der Waals surface area contributed by atoms with Crippen molar-refractivity contribution >= 4 is 17.7 Å². The van der Waals surface area contributed by atoms with Gasteiger partial charge in [0.25, 0.3) is 0 Å². The molecule has 0 aliphatic heterocycles. The van der Waals surface area contributed by atoms with E-state index in [0.29, 0.717) is 17.5 Å². The van der Waals surface area contributed by atoms with Crippen molar-refractivity contribution in [3.05, 3.63) is 72.8 Å². The molecule has 2 aromatic heterocycles. The summed E-state index contributed by atoms with van der Waals surface area (Å²) in [5.74, 6) is 0.260. The minimum absolute atomic E-state index is 0.134. The van der Waals surface area contributed by atoms with Crippen molar-refractivity contribution in [1.82, 2.24) is 25.1 Å². The summed E-state index contributed by atoms with van der Waals surface area (Å²) in [5, 5.41) is 11.7. The van der Waals surface area contributed by atoms with E-state index in [4.69, 9.17) is 0 Å². The van der Waals surface area contributed by atoms with Crippen LogP contribution in [0, 0.1) is 5.82 Å². The van der Waals surface area contributed by atoms with E-state index in [2.05, 4.69) is 27.1 Å². The Hall–Kier alpha value is -3.00. The Balaban J connectivity index is 1.71. The highest BCUT2D eigenvalue weighted by atomic mass is 32.2. The van der Waals surface area contributed by atoms with Gasteiger partial charge in [-0.15, -0.1) is 16.8 Å². The van der Waals surface area contributed by atoms with Gasteiger partial charge >= 0.3 is 0 Å². The molecule has 0 aliphatic carbocycles. The zero-order chi connectivity index (χ0) is 20.8. The van der Waals surface area contributed by atoms with E-state index < -0.39 is 5.25 Å². The molecule has 0 fully saturated rings. The molecule has 1 amide bonds. The molecule has 2 heterocycles. The maximum Gasteiger partial charge on any atom is 0.233 e. The molecule has 1 N–H and O–H groups in total. The lowest BCUT2D eigenvalue weighted by Crippen LogP contribution is -2.33. The third-order valence-corrected chi connectivity index (χ3v) is 5.43. The van der Waals surface area contributed by atoms with E-state index in [9.17, 15) is 9.18 Å². The van der Waals surface area contributed by atoms with E-state index in [0.717, 1.165) is 11.1 Å². The van der Waals surface area contributed by atoms with Gasteiger partial charge in [-0.25, -0.2) is 4.39 Å². The van der Waals surface area contributed by atoms with Crippen LogP contribution in [0.25, 0.3) is 11.4 Å². The Morgan fingerprint density at radius 2 is 1.90 bits per heavy atom. The Morgan fingerprint density at radius 1 is 1.21 bits per heavy atom. The molecule has 8 heteroatoms. The van der Waals surface area contributed by atoms with E-state index in [1.807, 2.05) is 30.5 Å². The number of carbonyl (C=O) groups excluding carboxylic acids is 1. The summed E-state index contributed by atoms with van der Waals surface area (Å²) in [5.41, 5.74) is 1.73. The van der Waals surface area contributed by atoms with Crippen molar-refractivity contribution in [3.63, 3.8) is 0 Å². The minimum atomic E-state index is -0.393. The summed E-state index contributed by atoms with van der Waals surface area (Å²) in [4.78, 5) is 16.7. The second kappa shape index (κ2) is 9.47. The summed E-state index contributed by atoms with van der Waals surface area (Å²) >= 11 is 1.33. The zero-order valence-electron chi connectivity index (χ0n) is 16.2. The number of halogens is 1. The molecule has 0 bridgehead atoms. The molecule has 6 nitrogen and oxygen atoms in total. The van der Waals surface area contributed by atoms with Gasteiger partial charge in [0.15, 0.2) is 11.0 Å². The Bertz CT molecular complexity index is 974. The molecule has 0 radical (unpaired) electrons. The molecule has 0 unspecified atom stereocenters. The lowest BCUT2D eigenvalue weighted by molar-refractivity contribution is -0.120. The molecule has 3 rings (SSSR count). The molecule has 0 saturated heterocycles. The zero-order valence-corrected chi connectivity index (χ0v) is 17.1. The maximum atomic E-state index is 13.1. The molecule has 1 aromatic carbocycles. The number of carbonyl (C=O) groups is 1. The number of thioether (sulfide) groups is 1. The van der Waals surface area contributed by atoms with Crippen LogP contribution in [-0.2, 0) is 11.3 Å². The van der Waals surface area contributed by atoms with Crippen LogP contribution < -0.4 is 5.32 Å². The average molecular weight is 412 g/mol. The number of hydrogen-bond acceptors (Lipinski definition) is 5. The van der Waals surface area contributed by atoms with E-state index >= 15 is 0 Å². The highest BCUT2D eigenvalue weighted by molar-refractivity contribution is 8.00. The van der Waals surface area contributed by atoms with Crippen LogP contribution >= 0.6 is 11.8 Å². The predicted molar refractivity (Wildman–Crippen MR) is 112 cm³/mol. The van der Waals surface area contributed by atoms with Crippen LogP contribution in [-0.4, -0.2) is 30.9 Å². The summed E-state index contributed by atoms with van der Waals surface area (Å²) in [6.45, 7) is 8.00. The van der Waals surface area contributed by atoms with Crippen molar-refractivity contribution in [3.8, 4) is 11.4 Å². The third-order valence-electron chi connectivity index (χ3n) is 4.35.